The van der Waals surface area contributed by atoms with E-state index in [0.717, 1.165) is 5.56 Å². The van der Waals surface area contributed by atoms with Gasteiger partial charge in [0, 0.05) is 11.8 Å². The average molecular weight is 269 g/mol. The normalized spacial score (nSPS) is 10.3. The molecule has 1 aromatic carbocycles. The first-order valence-electron chi connectivity index (χ1n) is 5.51. The third-order valence-electron chi connectivity index (χ3n) is 2.36. The van der Waals surface area contributed by atoms with Gasteiger partial charge in [-0.2, -0.15) is 5.26 Å². The van der Waals surface area contributed by atoms with Crippen LogP contribution in [0.15, 0.2) is 41.8 Å². The molecule has 0 radical (unpaired) electrons. The summed E-state index contributed by atoms with van der Waals surface area (Å²) in [5.74, 6) is -0.277. The van der Waals surface area contributed by atoms with Crippen molar-refractivity contribution in [1.29, 1.82) is 5.26 Å². The lowest BCUT2D eigenvalue weighted by Crippen LogP contribution is -2.07. The summed E-state index contributed by atoms with van der Waals surface area (Å²) < 4.78 is 0. The van der Waals surface area contributed by atoms with Crippen LogP contribution in [-0.4, -0.2) is 5.91 Å². The van der Waals surface area contributed by atoms with E-state index in [9.17, 15) is 4.79 Å². The number of nitrogens with zero attached hydrogens (tertiary/aromatic N) is 1. The molecule has 0 aliphatic heterocycles. The van der Waals surface area contributed by atoms with Crippen LogP contribution < -0.4 is 11.1 Å². The van der Waals surface area contributed by atoms with Gasteiger partial charge in [-0.25, -0.2) is 0 Å². The summed E-state index contributed by atoms with van der Waals surface area (Å²) >= 11 is 1.32. The molecule has 0 fully saturated rings. The van der Waals surface area contributed by atoms with Crippen LogP contribution >= 0.6 is 11.3 Å². The van der Waals surface area contributed by atoms with Gasteiger partial charge in [0.15, 0.2) is 0 Å². The molecule has 0 aliphatic rings. The van der Waals surface area contributed by atoms with Gasteiger partial charge in [0.1, 0.15) is 11.1 Å². The zero-order valence-electron chi connectivity index (χ0n) is 9.96. The van der Waals surface area contributed by atoms with Gasteiger partial charge in [0.2, 0.25) is 5.91 Å². The van der Waals surface area contributed by atoms with Gasteiger partial charge in [0.05, 0.1) is 5.56 Å². The maximum atomic E-state index is 11.7. The van der Waals surface area contributed by atoms with Gasteiger partial charge in [-0.1, -0.05) is 12.1 Å². The second-order valence-corrected chi connectivity index (χ2v) is 4.68. The lowest BCUT2D eigenvalue weighted by Gasteiger charge is -1.99. The fraction of sp³-hybridized carbons (Fsp3) is 0. The molecule has 94 valence electrons. The van der Waals surface area contributed by atoms with Crippen molar-refractivity contribution in [2.45, 2.75) is 0 Å². The Labute approximate surface area is 114 Å². The van der Waals surface area contributed by atoms with E-state index < -0.39 is 0 Å². The molecule has 2 aromatic rings. The molecule has 4 nitrogen and oxygen atoms in total. The fourth-order valence-corrected chi connectivity index (χ4v) is 2.22. The third-order valence-corrected chi connectivity index (χ3v) is 3.19. The average Bonchev–Trinajstić information content (AvgIpc) is 2.84. The Morgan fingerprint density at radius 3 is 3.00 bits per heavy atom. The van der Waals surface area contributed by atoms with Crippen molar-refractivity contribution in [3.63, 3.8) is 0 Å². The highest BCUT2D eigenvalue weighted by molar-refractivity contribution is 7.14. The van der Waals surface area contributed by atoms with Crippen molar-refractivity contribution in [3.8, 4) is 6.07 Å². The number of amides is 1. The molecule has 0 saturated heterocycles. The van der Waals surface area contributed by atoms with E-state index >= 15 is 0 Å². The van der Waals surface area contributed by atoms with Gasteiger partial charge in [0.25, 0.3) is 0 Å². The van der Waals surface area contributed by atoms with Gasteiger partial charge in [-0.15, -0.1) is 11.3 Å². The number of nitrogens with two attached hydrogens (primary N) is 1. The molecule has 0 unspecified atom stereocenters. The summed E-state index contributed by atoms with van der Waals surface area (Å²) in [4.78, 5) is 11.7. The van der Waals surface area contributed by atoms with Crippen molar-refractivity contribution in [1.82, 2.24) is 0 Å². The molecule has 2 rings (SSSR count). The molecule has 19 heavy (non-hydrogen) atoms. The molecule has 0 spiro atoms. The van der Waals surface area contributed by atoms with E-state index in [0.29, 0.717) is 16.3 Å². The van der Waals surface area contributed by atoms with E-state index in [1.165, 1.54) is 17.4 Å². The first-order valence-corrected chi connectivity index (χ1v) is 6.39. The van der Waals surface area contributed by atoms with Crippen LogP contribution in [0.4, 0.5) is 10.7 Å². The maximum absolute atomic E-state index is 11.7. The second-order valence-electron chi connectivity index (χ2n) is 3.77. The highest BCUT2D eigenvalue weighted by Gasteiger charge is 2.05. The third kappa shape index (κ3) is 3.44. The number of carbonyl (C=O) groups excluding carboxylic acids is 1. The summed E-state index contributed by atoms with van der Waals surface area (Å²) in [6, 6.07) is 10.9. The number of thiophene rings is 1. The summed E-state index contributed by atoms with van der Waals surface area (Å²) in [6.07, 6.45) is 3.08. The van der Waals surface area contributed by atoms with Crippen LogP contribution in [0, 0.1) is 11.3 Å². The molecule has 0 saturated carbocycles. The quantitative estimate of drug-likeness (QED) is 0.664. The number of hydrogen-bond acceptors (Lipinski definition) is 4. The molecule has 5 heteroatoms. The van der Waals surface area contributed by atoms with E-state index in [4.69, 9.17) is 11.0 Å². The molecule has 0 bridgehead atoms. The summed E-state index contributed by atoms with van der Waals surface area (Å²) in [5.41, 5.74) is 7.61. The maximum Gasteiger partial charge on any atom is 0.249 e. The molecule has 3 N–H and O–H groups in total. The zero-order chi connectivity index (χ0) is 13.7. The number of nitrogens with one attached hydrogen (secondary N) is 1. The highest BCUT2D eigenvalue weighted by Crippen LogP contribution is 2.22. The van der Waals surface area contributed by atoms with Gasteiger partial charge in [-0.3, -0.25) is 4.79 Å². The molecular weight excluding hydrogens is 258 g/mol. The molecule has 0 aliphatic carbocycles. The first kappa shape index (κ1) is 12.9. The van der Waals surface area contributed by atoms with E-state index in [2.05, 4.69) is 5.32 Å². The van der Waals surface area contributed by atoms with Crippen LogP contribution in [0.5, 0.6) is 0 Å². The predicted octanol–water partition coefficient (Wildman–Crippen LogP) is 2.85. The molecule has 1 amide bonds. The number of nitrogen functional groups attached to an aromatic ring is 1. The number of anilines is 2. The minimum atomic E-state index is -0.277. The van der Waals surface area contributed by atoms with Crippen LogP contribution in [0.2, 0.25) is 0 Å². The van der Waals surface area contributed by atoms with Crippen molar-refractivity contribution < 1.29 is 4.79 Å². The summed E-state index contributed by atoms with van der Waals surface area (Å²) in [5, 5.41) is 13.8. The highest BCUT2D eigenvalue weighted by atomic mass is 32.1. The largest absolute Gasteiger partial charge is 0.399 e. The Hall–Kier alpha value is -2.58. The SMILES string of the molecule is N#Cc1ccsc1NC(=O)/C=C/c1cccc(N)c1. The smallest absolute Gasteiger partial charge is 0.249 e. The molecule has 0 atom stereocenters. The second kappa shape index (κ2) is 5.85. The van der Waals surface area contributed by atoms with Crippen LogP contribution in [0.3, 0.4) is 0 Å². The minimum Gasteiger partial charge on any atom is -0.399 e. The minimum absolute atomic E-state index is 0.277. The Kier molecular flexibility index (Phi) is 3.96. The summed E-state index contributed by atoms with van der Waals surface area (Å²) in [6.45, 7) is 0. The van der Waals surface area contributed by atoms with Gasteiger partial charge in [-0.05, 0) is 35.2 Å². The standard InChI is InChI=1S/C14H11N3OS/c15-9-11-6-7-19-14(11)17-13(18)5-4-10-2-1-3-12(16)8-10/h1-8H,16H2,(H,17,18)/b5-4+. The lowest BCUT2D eigenvalue weighted by molar-refractivity contribution is -0.111. The Morgan fingerprint density at radius 1 is 1.42 bits per heavy atom. The Balaban J connectivity index is 2.04. The Bertz CT molecular complexity index is 667. The first-order chi connectivity index (χ1) is 9.19. The number of nitriles is 1. The summed E-state index contributed by atoms with van der Waals surface area (Å²) in [7, 11) is 0. The lowest BCUT2D eigenvalue weighted by atomic mass is 10.2. The Morgan fingerprint density at radius 2 is 2.26 bits per heavy atom. The number of hydrogen-bond donors (Lipinski definition) is 2. The van der Waals surface area contributed by atoms with E-state index in [1.807, 2.05) is 18.2 Å². The van der Waals surface area contributed by atoms with Gasteiger partial charge >= 0.3 is 0 Å². The van der Waals surface area contributed by atoms with Crippen molar-refractivity contribution in [2.75, 3.05) is 11.1 Å². The van der Waals surface area contributed by atoms with Crippen LogP contribution in [0.1, 0.15) is 11.1 Å². The number of carbonyl (C=O) groups is 1. The van der Waals surface area contributed by atoms with Crippen molar-refractivity contribution in [2.24, 2.45) is 0 Å². The van der Waals surface area contributed by atoms with E-state index in [1.54, 1.807) is 29.7 Å². The monoisotopic (exact) mass is 269 g/mol. The number of rotatable bonds is 3. The fourth-order valence-electron chi connectivity index (χ4n) is 1.48. The van der Waals surface area contributed by atoms with Gasteiger partial charge < -0.3 is 11.1 Å². The zero-order valence-corrected chi connectivity index (χ0v) is 10.8. The van der Waals surface area contributed by atoms with Crippen LogP contribution in [-0.2, 0) is 4.79 Å². The predicted molar refractivity (Wildman–Crippen MR) is 77.6 cm³/mol. The molecular formula is C14H11N3OS. The van der Waals surface area contributed by atoms with Crippen molar-refractivity contribution >= 4 is 34.0 Å². The number of benzene rings is 1. The van der Waals surface area contributed by atoms with Crippen molar-refractivity contribution in [3.05, 3.63) is 52.9 Å². The van der Waals surface area contributed by atoms with E-state index in [-0.39, 0.29) is 5.91 Å². The molecule has 1 aromatic heterocycles. The topological polar surface area (TPSA) is 78.9 Å². The molecule has 1 heterocycles. The van der Waals surface area contributed by atoms with Crippen LogP contribution in [0.25, 0.3) is 6.08 Å².